The van der Waals surface area contributed by atoms with Crippen LogP contribution >= 0.6 is 11.6 Å². The maximum absolute atomic E-state index is 11.7. The minimum atomic E-state index is -0.920. The van der Waals surface area contributed by atoms with Crippen molar-refractivity contribution in [3.63, 3.8) is 0 Å². The lowest BCUT2D eigenvalue weighted by Gasteiger charge is -2.11. The second-order valence-electron chi connectivity index (χ2n) is 3.74. The summed E-state index contributed by atoms with van der Waals surface area (Å²) in [5.41, 5.74) is 5.13. The van der Waals surface area contributed by atoms with Crippen LogP contribution in [0.3, 0.4) is 0 Å². The number of nitrogens with one attached hydrogen (secondary N) is 1. The maximum atomic E-state index is 11.7. The normalized spacial score (nSPS) is 11.5. The molecule has 0 saturated heterocycles. The number of halogens is 1. The Morgan fingerprint density at radius 2 is 2.00 bits per heavy atom. The predicted molar refractivity (Wildman–Crippen MR) is 68.9 cm³/mol. The van der Waals surface area contributed by atoms with Crippen molar-refractivity contribution in [3.8, 4) is 0 Å². The summed E-state index contributed by atoms with van der Waals surface area (Å²) in [6, 6.07) is 4.66. The van der Waals surface area contributed by atoms with Crippen molar-refractivity contribution < 1.29 is 19.1 Å². The Morgan fingerprint density at radius 1 is 1.37 bits per heavy atom. The molecule has 0 bridgehead atoms. The van der Waals surface area contributed by atoms with Crippen LogP contribution in [0.5, 0.6) is 0 Å². The summed E-state index contributed by atoms with van der Waals surface area (Å²) in [5.74, 6) is -1.18. The SMILES string of the molecule is C[C@@H](NC(N)=O)C(=O)OCC(=O)c1ccccc1Cl. The number of hydrogen-bond donors (Lipinski definition) is 2. The van der Waals surface area contributed by atoms with Crippen molar-refractivity contribution in [1.82, 2.24) is 5.32 Å². The van der Waals surface area contributed by atoms with Crippen molar-refractivity contribution in [2.45, 2.75) is 13.0 Å². The summed E-state index contributed by atoms with van der Waals surface area (Å²) in [7, 11) is 0. The van der Waals surface area contributed by atoms with E-state index in [1.807, 2.05) is 0 Å². The lowest BCUT2D eigenvalue weighted by atomic mass is 10.1. The first kappa shape index (κ1) is 15.0. The van der Waals surface area contributed by atoms with E-state index in [2.05, 4.69) is 5.32 Å². The minimum Gasteiger partial charge on any atom is -0.456 e. The van der Waals surface area contributed by atoms with Crippen molar-refractivity contribution in [3.05, 3.63) is 34.9 Å². The molecule has 1 aromatic rings. The summed E-state index contributed by atoms with van der Waals surface area (Å²) in [5, 5.41) is 2.43. The topological polar surface area (TPSA) is 98.5 Å². The van der Waals surface area contributed by atoms with Gasteiger partial charge < -0.3 is 15.8 Å². The lowest BCUT2D eigenvalue weighted by molar-refractivity contribution is -0.144. The van der Waals surface area contributed by atoms with Crippen LogP contribution in [-0.4, -0.2) is 30.4 Å². The Labute approximate surface area is 114 Å². The van der Waals surface area contributed by atoms with Crippen LogP contribution in [0.4, 0.5) is 4.79 Å². The van der Waals surface area contributed by atoms with Gasteiger partial charge >= 0.3 is 12.0 Å². The maximum Gasteiger partial charge on any atom is 0.328 e. The van der Waals surface area contributed by atoms with Crippen molar-refractivity contribution in [2.24, 2.45) is 5.73 Å². The molecule has 0 saturated carbocycles. The number of hydrogen-bond acceptors (Lipinski definition) is 4. The Hall–Kier alpha value is -2.08. The highest BCUT2D eigenvalue weighted by Gasteiger charge is 2.18. The molecule has 0 aromatic heterocycles. The van der Waals surface area contributed by atoms with E-state index in [-0.39, 0.29) is 10.6 Å². The predicted octanol–water partition coefficient (Wildman–Crippen LogP) is 1.12. The molecule has 0 aliphatic carbocycles. The molecule has 3 N–H and O–H groups in total. The van der Waals surface area contributed by atoms with Crippen LogP contribution in [0.25, 0.3) is 0 Å². The standard InChI is InChI=1S/C12H13ClN2O4/c1-7(15-12(14)18)11(17)19-6-10(16)8-4-2-3-5-9(8)13/h2-5,7H,6H2,1H3,(H3,14,15,18)/t7-/m1/s1. The van der Waals surface area contributed by atoms with Crippen molar-refractivity contribution in [1.29, 1.82) is 0 Å². The molecule has 0 aliphatic heterocycles. The average Bonchev–Trinajstić information content (AvgIpc) is 2.35. The molecule has 0 radical (unpaired) electrons. The second-order valence-corrected chi connectivity index (χ2v) is 4.15. The molecule has 1 aromatic carbocycles. The van der Waals surface area contributed by atoms with Crippen LogP contribution in [0, 0.1) is 0 Å². The highest BCUT2D eigenvalue weighted by molar-refractivity contribution is 6.34. The van der Waals surface area contributed by atoms with Gasteiger partial charge in [-0.1, -0.05) is 23.7 Å². The fourth-order valence-electron chi connectivity index (χ4n) is 1.30. The average molecular weight is 285 g/mol. The molecule has 0 heterocycles. The molecule has 2 amide bonds. The van der Waals surface area contributed by atoms with Gasteiger partial charge in [-0.15, -0.1) is 0 Å². The van der Waals surface area contributed by atoms with Crippen LogP contribution in [0.1, 0.15) is 17.3 Å². The van der Waals surface area contributed by atoms with Crippen LogP contribution in [0.15, 0.2) is 24.3 Å². The summed E-state index contributed by atoms with van der Waals surface area (Å²) >= 11 is 5.83. The Morgan fingerprint density at radius 3 is 2.58 bits per heavy atom. The third-order valence-corrected chi connectivity index (χ3v) is 2.56. The lowest BCUT2D eigenvalue weighted by Crippen LogP contribution is -2.42. The number of esters is 1. The molecule has 0 fully saturated rings. The number of benzene rings is 1. The summed E-state index contributed by atoms with van der Waals surface area (Å²) in [6.07, 6.45) is 0. The zero-order valence-electron chi connectivity index (χ0n) is 10.2. The largest absolute Gasteiger partial charge is 0.456 e. The first-order valence-corrected chi connectivity index (χ1v) is 5.80. The minimum absolute atomic E-state index is 0.271. The van der Waals surface area contributed by atoms with Gasteiger partial charge in [-0.2, -0.15) is 0 Å². The monoisotopic (exact) mass is 284 g/mol. The molecule has 0 spiro atoms. The van der Waals surface area contributed by atoms with Crippen molar-refractivity contribution >= 4 is 29.4 Å². The number of carbonyl (C=O) groups is 3. The number of carbonyl (C=O) groups excluding carboxylic acids is 3. The number of ketones is 1. The van der Waals surface area contributed by atoms with E-state index in [1.54, 1.807) is 18.2 Å². The van der Waals surface area contributed by atoms with Gasteiger partial charge in [0.1, 0.15) is 6.04 Å². The highest BCUT2D eigenvalue weighted by Crippen LogP contribution is 2.15. The van der Waals surface area contributed by atoms with E-state index in [0.717, 1.165) is 0 Å². The van der Waals surface area contributed by atoms with Gasteiger partial charge in [0.2, 0.25) is 5.78 Å². The summed E-state index contributed by atoms with van der Waals surface area (Å²) < 4.78 is 4.76. The first-order valence-electron chi connectivity index (χ1n) is 5.42. The van der Waals surface area contributed by atoms with Gasteiger partial charge in [-0.05, 0) is 19.1 Å². The highest BCUT2D eigenvalue weighted by atomic mass is 35.5. The molecular weight excluding hydrogens is 272 g/mol. The second kappa shape index (κ2) is 6.75. The Bertz CT molecular complexity index is 504. The molecule has 7 heteroatoms. The van der Waals surface area contributed by atoms with Crippen LogP contribution in [-0.2, 0) is 9.53 Å². The van der Waals surface area contributed by atoms with Gasteiger partial charge in [0.15, 0.2) is 6.61 Å². The van der Waals surface area contributed by atoms with Crippen LogP contribution in [0.2, 0.25) is 5.02 Å². The van der Waals surface area contributed by atoms with Gasteiger partial charge in [-0.25, -0.2) is 9.59 Å². The van der Waals surface area contributed by atoms with E-state index in [9.17, 15) is 14.4 Å². The zero-order valence-corrected chi connectivity index (χ0v) is 10.9. The van der Waals surface area contributed by atoms with Gasteiger partial charge in [0, 0.05) is 5.56 Å². The molecule has 0 unspecified atom stereocenters. The van der Waals surface area contributed by atoms with Gasteiger partial charge in [-0.3, -0.25) is 4.79 Å². The Balaban J connectivity index is 2.53. The molecule has 6 nitrogen and oxygen atoms in total. The Kier molecular flexibility index (Phi) is 5.32. The number of ether oxygens (including phenoxy) is 1. The number of amides is 2. The number of Topliss-reactive ketones (excluding diaryl/α,β-unsaturated/α-hetero) is 1. The molecule has 1 atom stereocenters. The number of nitrogens with two attached hydrogens (primary N) is 1. The van der Waals surface area contributed by atoms with E-state index in [1.165, 1.54) is 13.0 Å². The van der Waals surface area contributed by atoms with Gasteiger partial charge in [0.05, 0.1) is 5.02 Å². The van der Waals surface area contributed by atoms with E-state index in [4.69, 9.17) is 22.1 Å². The first-order chi connectivity index (χ1) is 8.91. The molecule has 0 aliphatic rings. The number of primary amides is 1. The molecule has 1 rings (SSSR count). The van der Waals surface area contributed by atoms with Crippen LogP contribution < -0.4 is 11.1 Å². The quantitative estimate of drug-likeness (QED) is 0.625. The van der Waals surface area contributed by atoms with Gasteiger partial charge in [0.25, 0.3) is 0 Å². The number of rotatable bonds is 5. The number of urea groups is 1. The summed E-state index contributed by atoms with van der Waals surface area (Å²) in [6.45, 7) is 0.945. The molecule has 102 valence electrons. The summed E-state index contributed by atoms with van der Waals surface area (Å²) in [4.78, 5) is 33.7. The van der Waals surface area contributed by atoms with E-state index in [0.29, 0.717) is 0 Å². The van der Waals surface area contributed by atoms with E-state index >= 15 is 0 Å². The molecular formula is C12H13ClN2O4. The fraction of sp³-hybridized carbons (Fsp3) is 0.250. The third kappa shape index (κ3) is 4.59. The smallest absolute Gasteiger partial charge is 0.328 e. The zero-order chi connectivity index (χ0) is 14.4. The van der Waals surface area contributed by atoms with Crippen molar-refractivity contribution in [2.75, 3.05) is 6.61 Å². The molecule has 19 heavy (non-hydrogen) atoms. The van der Waals surface area contributed by atoms with E-state index < -0.39 is 30.4 Å². The third-order valence-electron chi connectivity index (χ3n) is 2.23. The fourth-order valence-corrected chi connectivity index (χ4v) is 1.54.